The van der Waals surface area contributed by atoms with Crippen LogP contribution in [0.2, 0.25) is 0 Å². The molecule has 0 atom stereocenters. The van der Waals surface area contributed by atoms with Crippen molar-refractivity contribution < 1.29 is 23.8 Å². The first-order valence-electron chi connectivity index (χ1n) is 7.71. The number of ether oxygens (including phenoxy) is 3. The molecule has 1 aromatic carbocycles. The molecule has 0 saturated heterocycles. The van der Waals surface area contributed by atoms with Gasteiger partial charge in [-0.15, -0.1) is 0 Å². The normalized spacial score (nSPS) is 10.4. The van der Waals surface area contributed by atoms with E-state index in [2.05, 4.69) is 0 Å². The zero-order valence-corrected chi connectivity index (χ0v) is 15.3. The fourth-order valence-electron chi connectivity index (χ4n) is 2.45. The third-order valence-electron chi connectivity index (χ3n) is 3.96. The molecule has 1 aromatic heterocycles. The average molecular weight is 377 g/mol. The number of methoxy groups -OCH3 is 2. The summed E-state index contributed by atoms with van der Waals surface area (Å²) in [7, 11) is 5.27. The highest BCUT2D eigenvalue weighted by atomic mass is 16.5. The molecule has 10 nitrogen and oxygen atoms in total. The molecule has 0 saturated carbocycles. The number of hydrogen-bond acceptors (Lipinski definition) is 8. The molecule has 0 bridgehead atoms. The first kappa shape index (κ1) is 19.8. The van der Waals surface area contributed by atoms with Gasteiger partial charge in [-0.05, 0) is 12.1 Å². The van der Waals surface area contributed by atoms with Gasteiger partial charge in [0.15, 0.2) is 6.61 Å². The predicted molar refractivity (Wildman–Crippen MR) is 95.5 cm³/mol. The molecule has 0 spiro atoms. The van der Waals surface area contributed by atoms with Gasteiger partial charge in [0, 0.05) is 14.1 Å². The van der Waals surface area contributed by atoms with Crippen LogP contribution in [0.15, 0.2) is 27.8 Å². The Labute approximate surface area is 153 Å². The maximum Gasteiger partial charge on any atom is 0.346 e. The summed E-state index contributed by atoms with van der Waals surface area (Å²) in [5, 5.41) is 0. The van der Waals surface area contributed by atoms with E-state index in [9.17, 15) is 19.2 Å². The molecule has 144 valence electrons. The summed E-state index contributed by atoms with van der Waals surface area (Å²) in [5.41, 5.74) is 3.73. The van der Waals surface area contributed by atoms with E-state index in [0.29, 0.717) is 0 Å². The number of carbonyl (C=O) groups excluding carboxylic acids is 2. The number of rotatable bonds is 6. The second-order valence-corrected chi connectivity index (χ2v) is 5.50. The molecule has 0 aliphatic rings. The summed E-state index contributed by atoms with van der Waals surface area (Å²) >= 11 is 0. The van der Waals surface area contributed by atoms with Crippen LogP contribution in [0, 0.1) is 0 Å². The van der Waals surface area contributed by atoms with Crippen molar-refractivity contribution in [2.24, 2.45) is 14.1 Å². The molecule has 0 aliphatic heterocycles. The number of nitrogens with zero attached hydrogens (tertiary/aromatic N) is 2. The summed E-state index contributed by atoms with van der Waals surface area (Å²) < 4.78 is 16.9. The fourth-order valence-corrected chi connectivity index (χ4v) is 2.45. The molecule has 10 heteroatoms. The molecular weight excluding hydrogens is 358 g/mol. The fraction of sp³-hybridized carbons (Fsp3) is 0.294. The molecule has 0 aliphatic carbocycles. The van der Waals surface area contributed by atoms with Gasteiger partial charge in [-0.2, -0.15) is 0 Å². The largest absolute Gasteiger partial charge is 0.496 e. The standard InChI is InChI=1S/C17H19N3O7/c1-19-14(18)12(15(22)20(2)17(19)24)9(21)8-27-16(23)13-10(25-3)6-5-7-11(13)26-4/h5-7H,8,18H2,1-4H3. The SMILES string of the molecule is COc1cccc(OC)c1C(=O)OCC(=O)c1c(N)n(C)c(=O)n(C)c1=O. The number of carbonyl (C=O) groups is 2. The summed E-state index contributed by atoms with van der Waals surface area (Å²) in [5.74, 6) is -1.63. The van der Waals surface area contributed by atoms with Crippen LogP contribution in [-0.2, 0) is 18.8 Å². The van der Waals surface area contributed by atoms with Crippen LogP contribution >= 0.6 is 0 Å². The van der Waals surface area contributed by atoms with Gasteiger partial charge in [-0.25, -0.2) is 9.59 Å². The van der Waals surface area contributed by atoms with Crippen molar-refractivity contribution in [1.82, 2.24) is 9.13 Å². The first-order valence-corrected chi connectivity index (χ1v) is 7.71. The van der Waals surface area contributed by atoms with E-state index >= 15 is 0 Å². The Bertz CT molecular complexity index is 998. The number of esters is 1. The van der Waals surface area contributed by atoms with Crippen LogP contribution in [0.25, 0.3) is 0 Å². The van der Waals surface area contributed by atoms with Gasteiger partial charge in [0.2, 0.25) is 5.78 Å². The molecule has 0 unspecified atom stereocenters. The van der Waals surface area contributed by atoms with E-state index in [1.165, 1.54) is 40.4 Å². The minimum Gasteiger partial charge on any atom is -0.496 e. The molecule has 27 heavy (non-hydrogen) atoms. The predicted octanol–water partition coefficient (Wildman–Crippen LogP) is -0.277. The second kappa shape index (κ2) is 7.77. The van der Waals surface area contributed by atoms with Crippen molar-refractivity contribution in [2.45, 2.75) is 0 Å². The highest BCUT2D eigenvalue weighted by Gasteiger charge is 2.24. The molecule has 2 rings (SSSR count). The number of nitrogen functional groups attached to an aromatic ring is 1. The van der Waals surface area contributed by atoms with Gasteiger partial charge >= 0.3 is 11.7 Å². The number of nitrogens with two attached hydrogens (primary N) is 1. The van der Waals surface area contributed by atoms with Gasteiger partial charge in [-0.1, -0.05) is 6.07 Å². The van der Waals surface area contributed by atoms with Crippen LogP contribution in [0.5, 0.6) is 11.5 Å². The molecule has 2 aromatic rings. The van der Waals surface area contributed by atoms with E-state index in [-0.39, 0.29) is 22.9 Å². The van der Waals surface area contributed by atoms with E-state index in [0.717, 1.165) is 9.13 Å². The lowest BCUT2D eigenvalue weighted by Crippen LogP contribution is -2.42. The zero-order valence-electron chi connectivity index (χ0n) is 15.3. The van der Waals surface area contributed by atoms with E-state index in [1.807, 2.05) is 0 Å². The number of hydrogen-bond donors (Lipinski definition) is 1. The summed E-state index contributed by atoms with van der Waals surface area (Å²) in [4.78, 5) is 48.8. The van der Waals surface area contributed by atoms with Crippen LogP contribution < -0.4 is 26.5 Å². The van der Waals surface area contributed by atoms with Crippen molar-refractivity contribution in [3.63, 3.8) is 0 Å². The third kappa shape index (κ3) is 3.54. The van der Waals surface area contributed by atoms with Crippen molar-refractivity contribution in [3.8, 4) is 11.5 Å². The van der Waals surface area contributed by atoms with Crippen LogP contribution in [0.1, 0.15) is 20.7 Å². The monoisotopic (exact) mass is 377 g/mol. The summed E-state index contributed by atoms with van der Waals surface area (Å²) in [6.45, 7) is -0.752. The minimum absolute atomic E-state index is 0.00311. The van der Waals surface area contributed by atoms with Gasteiger partial charge in [0.1, 0.15) is 28.4 Å². The molecule has 0 radical (unpaired) electrons. The first-order chi connectivity index (χ1) is 12.7. The van der Waals surface area contributed by atoms with Gasteiger partial charge in [-0.3, -0.25) is 18.7 Å². The molecule has 0 amide bonds. The smallest absolute Gasteiger partial charge is 0.346 e. The van der Waals surface area contributed by atoms with Crippen molar-refractivity contribution in [1.29, 1.82) is 0 Å². The Morgan fingerprint density at radius 1 is 1.00 bits per heavy atom. The minimum atomic E-state index is -0.877. The maximum atomic E-state index is 12.4. The van der Waals surface area contributed by atoms with Crippen LogP contribution in [0.4, 0.5) is 5.82 Å². The van der Waals surface area contributed by atoms with Gasteiger partial charge in [0.05, 0.1) is 14.2 Å². The molecule has 0 fully saturated rings. The van der Waals surface area contributed by atoms with Crippen LogP contribution in [0.3, 0.4) is 0 Å². The highest BCUT2D eigenvalue weighted by Crippen LogP contribution is 2.28. The summed E-state index contributed by atoms with van der Waals surface area (Å²) in [6.07, 6.45) is 0. The topological polar surface area (TPSA) is 132 Å². The number of ketones is 1. The molecule has 2 N–H and O–H groups in total. The van der Waals surface area contributed by atoms with Crippen LogP contribution in [-0.4, -0.2) is 41.7 Å². The van der Waals surface area contributed by atoms with Gasteiger partial charge < -0.3 is 19.9 Å². The Morgan fingerprint density at radius 3 is 2.07 bits per heavy atom. The Kier molecular flexibility index (Phi) is 5.69. The number of Topliss-reactive ketones (excluding diaryl/α,β-unsaturated/α-hetero) is 1. The number of benzene rings is 1. The molecular formula is C17H19N3O7. The number of anilines is 1. The quantitative estimate of drug-likeness (QED) is 0.537. The zero-order chi connectivity index (χ0) is 20.3. The van der Waals surface area contributed by atoms with E-state index in [4.69, 9.17) is 19.9 Å². The Morgan fingerprint density at radius 2 is 1.56 bits per heavy atom. The highest BCUT2D eigenvalue weighted by molar-refractivity contribution is 6.03. The lowest BCUT2D eigenvalue weighted by molar-refractivity contribution is 0.0467. The Hall–Kier alpha value is -3.56. The Balaban J connectivity index is 2.32. The third-order valence-corrected chi connectivity index (χ3v) is 3.96. The lowest BCUT2D eigenvalue weighted by atomic mass is 10.1. The average Bonchev–Trinajstić information content (AvgIpc) is 2.68. The van der Waals surface area contributed by atoms with E-state index in [1.54, 1.807) is 6.07 Å². The van der Waals surface area contributed by atoms with Crippen molar-refractivity contribution in [3.05, 3.63) is 50.2 Å². The number of aromatic nitrogens is 2. The van der Waals surface area contributed by atoms with Crippen molar-refractivity contribution in [2.75, 3.05) is 26.6 Å². The maximum absolute atomic E-state index is 12.4. The summed E-state index contributed by atoms with van der Waals surface area (Å²) in [6, 6.07) is 4.68. The van der Waals surface area contributed by atoms with E-state index < -0.39 is 35.2 Å². The lowest BCUT2D eigenvalue weighted by Gasteiger charge is -2.13. The molecule has 1 heterocycles. The van der Waals surface area contributed by atoms with Gasteiger partial charge in [0.25, 0.3) is 5.56 Å². The second-order valence-electron chi connectivity index (χ2n) is 5.50. The van der Waals surface area contributed by atoms with Crippen molar-refractivity contribution >= 4 is 17.6 Å².